The first-order chi connectivity index (χ1) is 11.7. The second-order valence-corrected chi connectivity index (χ2v) is 5.91. The number of amides is 1. The molecule has 2 aromatic rings. The van der Waals surface area contributed by atoms with Crippen molar-refractivity contribution in [2.24, 2.45) is 0 Å². The largest absolute Gasteiger partial charge is 0.484 e. The summed E-state index contributed by atoms with van der Waals surface area (Å²) in [5.74, 6) is 1.16. The number of likely N-dealkylation sites (N-methyl/N-ethyl adjacent to an activating group) is 1. The van der Waals surface area contributed by atoms with Gasteiger partial charge in [0.1, 0.15) is 11.6 Å². The summed E-state index contributed by atoms with van der Waals surface area (Å²) < 4.78 is 7.27. The zero-order valence-corrected chi connectivity index (χ0v) is 13.8. The monoisotopic (exact) mass is 326 g/mol. The molecule has 1 aliphatic heterocycles. The Kier molecular flexibility index (Phi) is 5.28. The molecule has 0 saturated carbocycles. The van der Waals surface area contributed by atoms with Crippen molar-refractivity contribution in [3.63, 3.8) is 0 Å². The number of nitrogens with zero attached hydrogens (tertiary/aromatic N) is 3. The lowest BCUT2D eigenvalue weighted by Gasteiger charge is -2.23. The van der Waals surface area contributed by atoms with Crippen molar-refractivity contribution in [1.82, 2.24) is 14.7 Å². The quantitative estimate of drug-likeness (QED) is 0.827. The second-order valence-electron chi connectivity index (χ2n) is 5.91. The van der Waals surface area contributed by atoms with Crippen molar-refractivity contribution in [2.75, 3.05) is 32.1 Å². The summed E-state index contributed by atoms with van der Waals surface area (Å²) in [6.45, 7) is 2.68. The molecule has 0 bridgehead atoms. The van der Waals surface area contributed by atoms with Gasteiger partial charge in [0, 0.05) is 19.2 Å². The Morgan fingerprint density at radius 3 is 2.92 bits per heavy atom. The minimum absolute atomic E-state index is 0.0272. The minimum atomic E-state index is -0.199. The van der Waals surface area contributed by atoms with E-state index in [1.54, 1.807) is 12.3 Å². The Morgan fingerprint density at radius 2 is 2.12 bits per heavy atom. The number of hydrogen-bond acceptors (Lipinski definition) is 4. The first-order valence-corrected chi connectivity index (χ1v) is 8.06. The average Bonchev–Trinajstić information content (AvgIpc) is 3.01. The summed E-state index contributed by atoms with van der Waals surface area (Å²) in [5, 5.41) is 7.17. The smallest absolute Gasteiger partial charge is 0.263 e. The molecule has 0 spiro atoms. The van der Waals surface area contributed by atoms with E-state index in [1.165, 1.54) is 5.57 Å². The summed E-state index contributed by atoms with van der Waals surface area (Å²) in [6.07, 6.45) is 5.01. The van der Waals surface area contributed by atoms with Crippen LogP contribution in [0.25, 0.3) is 0 Å². The molecular formula is C18H22N4O2. The molecule has 3 rings (SSSR count). The topological polar surface area (TPSA) is 59.4 Å². The fraction of sp³-hybridized carbons (Fsp3) is 0.333. The summed E-state index contributed by atoms with van der Waals surface area (Å²) in [4.78, 5) is 14.4. The summed E-state index contributed by atoms with van der Waals surface area (Å²) >= 11 is 0. The maximum Gasteiger partial charge on any atom is 0.263 e. The van der Waals surface area contributed by atoms with E-state index in [2.05, 4.69) is 28.4 Å². The molecule has 0 fully saturated rings. The van der Waals surface area contributed by atoms with Crippen molar-refractivity contribution >= 4 is 11.7 Å². The van der Waals surface area contributed by atoms with Crippen LogP contribution >= 0.6 is 0 Å². The van der Waals surface area contributed by atoms with Gasteiger partial charge in [-0.15, -0.1) is 0 Å². The molecule has 24 heavy (non-hydrogen) atoms. The fourth-order valence-electron chi connectivity index (χ4n) is 2.70. The van der Waals surface area contributed by atoms with Gasteiger partial charge in [-0.1, -0.05) is 24.3 Å². The van der Waals surface area contributed by atoms with E-state index in [0.717, 1.165) is 19.5 Å². The Morgan fingerprint density at radius 1 is 1.29 bits per heavy atom. The van der Waals surface area contributed by atoms with Crippen LogP contribution in [0.1, 0.15) is 6.42 Å². The van der Waals surface area contributed by atoms with Crippen LogP contribution < -0.4 is 10.1 Å². The lowest BCUT2D eigenvalue weighted by atomic mass is 10.1. The molecule has 0 unspecified atom stereocenters. The normalized spacial score (nSPS) is 15.0. The summed E-state index contributed by atoms with van der Waals surface area (Å²) in [5.41, 5.74) is 1.31. The number of carbonyl (C=O) groups is 1. The number of hydrogen-bond donors (Lipinski definition) is 1. The Hall–Kier alpha value is -2.60. The number of nitrogens with one attached hydrogen (secondary N) is 1. The molecule has 2 heterocycles. The van der Waals surface area contributed by atoms with Crippen LogP contribution in [0, 0.1) is 0 Å². The van der Waals surface area contributed by atoms with E-state index in [1.807, 2.05) is 35.0 Å². The first kappa shape index (κ1) is 16.3. The maximum atomic E-state index is 12.1. The third-order valence-electron chi connectivity index (χ3n) is 3.87. The predicted octanol–water partition coefficient (Wildman–Crippen LogP) is 2.16. The van der Waals surface area contributed by atoms with Crippen molar-refractivity contribution in [1.29, 1.82) is 0 Å². The molecule has 1 aliphatic rings. The number of benzene rings is 1. The van der Waals surface area contributed by atoms with Crippen LogP contribution in [-0.2, 0) is 11.3 Å². The van der Waals surface area contributed by atoms with Gasteiger partial charge in [0.25, 0.3) is 5.91 Å². The van der Waals surface area contributed by atoms with Crippen LogP contribution in [0.3, 0.4) is 0 Å². The van der Waals surface area contributed by atoms with Crippen LogP contribution in [0.5, 0.6) is 5.75 Å². The number of aromatic nitrogens is 2. The Bertz CT molecular complexity index is 709. The van der Waals surface area contributed by atoms with Crippen molar-refractivity contribution < 1.29 is 9.53 Å². The molecule has 1 amide bonds. The van der Waals surface area contributed by atoms with Crippen LogP contribution in [-0.4, -0.2) is 47.3 Å². The molecule has 1 N–H and O–H groups in total. The lowest BCUT2D eigenvalue weighted by Crippen LogP contribution is -2.28. The predicted molar refractivity (Wildman–Crippen MR) is 93.0 cm³/mol. The van der Waals surface area contributed by atoms with Gasteiger partial charge < -0.3 is 15.0 Å². The molecule has 0 aliphatic carbocycles. The van der Waals surface area contributed by atoms with E-state index < -0.39 is 0 Å². The fourth-order valence-corrected chi connectivity index (χ4v) is 2.70. The van der Waals surface area contributed by atoms with Crippen molar-refractivity contribution in [2.45, 2.75) is 13.0 Å². The van der Waals surface area contributed by atoms with Gasteiger partial charge in [-0.25, -0.2) is 4.68 Å². The Labute approximate surface area is 141 Å². The Balaban J connectivity index is 1.55. The lowest BCUT2D eigenvalue weighted by molar-refractivity contribution is -0.118. The summed E-state index contributed by atoms with van der Waals surface area (Å²) in [6, 6.07) is 11.1. The standard InChI is InChI=1S/C18H22N4O2/c1-21-11-5-6-15(12-21)13-22-17(9-10-19-22)20-18(23)14-24-16-7-3-2-4-8-16/h2-4,6-10H,5,11-14H2,1H3,(H,20,23). The van der Waals surface area contributed by atoms with Crippen LogP contribution in [0.4, 0.5) is 5.82 Å². The minimum Gasteiger partial charge on any atom is -0.484 e. The van der Waals surface area contributed by atoms with Gasteiger partial charge in [-0.3, -0.25) is 4.79 Å². The molecule has 1 aromatic carbocycles. The molecule has 126 valence electrons. The number of anilines is 1. The van der Waals surface area contributed by atoms with E-state index in [4.69, 9.17) is 4.74 Å². The van der Waals surface area contributed by atoms with Gasteiger partial charge in [-0.05, 0) is 31.2 Å². The van der Waals surface area contributed by atoms with Gasteiger partial charge in [0.05, 0.1) is 12.7 Å². The van der Waals surface area contributed by atoms with E-state index in [-0.39, 0.29) is 12.5 Å². The second kappa shape index (κ2) is 7.79. The molecule has 1 aromatic heterocycles. The van der Waals surface area contributed by atoms with Gasteiger partial charge in [-0.2, -0.15) is 5.10 Å². The van der Waals surface area contributed by atoms with E-state index >= 15 is 0 Å². The van der Waals surface area contributed by atoms with Crippen LogP contribution in [0.15, 0.2) is 54.2 Å². The SMILES string of the molecule is CN1CCC=C(Cn2nccc2NC(=O)COc2ccccc2)C1. The summed E-state index contributed by atoms with van der Waals surface area (Å²) in [7, 11) is 2.11. The highest BCUT2D eigenvalue weighted by Gasteiger charge is 2.12. The van der Waals surface area contributed by atoms with Crippen LogP contribution in [0.2, 0.25) is 0 Å². The zero-order valence-electron chi connectivity index (χ0n) is 13.8. The molecule has 6 nitrogen and oxygen atoms in total. The highest BCUT2D eigenvalue weighted by atomic mass is 16.5. The molecule has 0 saturated heterocycles. The molecule has 6 heteroatoms. The number of para-hydroxylation sites is 1. The van der Waals surface area contributed by atoms with Gasteiger partial charge in [0.2, 0.25) is 0 Å². The molecular weight excluding hydrogens is 304 g/mol. The van der Waals surface area contributed by atoms with E-state index in [0.29, 0.717) is 18.1 Å². The maximum absolute atomic E-state index is 12.1. The molecule has 0 radical (unpaired) electrons. The highest BCUT2D eigenvalue weighted by molar-refractivity contribution is 5.91. The third-order valence-corrected chi connectivity index (χ3v) is 3.87. The van der Waals surface area contributed by atoms with E-state index in [9.17, 15) is 4.79 Å². The molecule has 0 atom stereocenters. The van der Waals surface area contributed by atoms with Gasteiger partial charge in [0.15, 0.2) is 6.61 Å². The zero-order chi connectivity index (χ0) is 16.8. The average molecular weight is 326 g/mol. The highest BCUT2D eigenvalue weighted by Crippen LogP contribution is 2.14. The third kappa shape index (κ3) is 4.45. The van der Waals surface area contributed by atoms with Gasteiger partial charge >= 0.3 is 0 Å². The number of carbonyl (C=O) groups excluding carboxylic acids is 1. The van der Waals surface area contributed by atoms with Crippen molar-refractivity contribution in [3.8, 4) is 5.75 Å². The number of rotatable bonds is 6. The number of ether oxygens (including phenoxy) is 1. The first-order valence-electron chi connectivity index (χ1n) is 8.06. The van der Waals surface area contributed by atoms with Crippen molar-refractivity contribution in [3.05, 3.63) is 54.2 Å².